The summed E-state index contributed by atoms with van der Waals surface area (Å²) in [5.74, 6) is 0.0664. The van der Waals surface area contributed by atoms with Crippen molar-refractivity contribution < 1.29 is 33.6 Å². The zero-order valence-electron chi connectivity index (χ0n) is 21.6. The van der Waals surface area contributed by atoms with Crippen LogP contribution in [0.2, 0.25) is 0 Å². The molecule has 1 heterocycles. The molecule has 3 aromatic carbocycles. The van der Waals surface area contributed by atoms with Crippen LogP contribution < -0.4 is 14.2 Å². The van der Waals surface area contributed by atoms with Crippen molar-refractivity contribution in [2.45, 2.75) is 13.8 Å². The summed E-state index contributed by atoms with van der Waals surface area (Å²) in [6.45, 7) is 3.97. The van der Waals surface area contributed by atoms with Gasteiger partial charge in [-0.25, -0.2) is 0 Å². The summed E-state index contributed by atoms with van der Waals surface area (Å²) in [4.78, 5) is 48.0. The van der Waals surface area contributed by atoms with Gasteiger partial charge in [-0.2, -0.15) is 0 Å². The highest BCUT2D eigenvalue weighted by Crippen LogP contribution is 2.42. The molecule has 0 spiro atoms. The molecule has 0 bridgehead atoms. The number of methoxy groups -OCH3 is 1. The molecule has 0 aliphatic carbocycles. The van der Waals surface area contributed by atoms with Crippen LogP contribution in [0.1, 0.15) is 16.7 Å². The summed E-state index contributed by atoms with van der Waals surface area (Å²) < 4.78 is 17.0. The van der Waals surface area contributed by atoms with Crippen molar-refractivity contribution in [1.82, 2.24) is 4.90 Å². The molecule has 0 radical (unpaired) electrons. The number of thioether (sulfide) groups is 1. The molecule has 1 aliphatic heterocycles. The summed E-state index contributed by atoms with van der Waals surface area (Å²) in [7, 11) is 1.36. The van der Waals surface area contributed by atoms with E-state index in [1.54, 1.807) is 18.2 Å². The molecule has 1 saturated heterocycles. The van der Waals surface area contributed by atoms with E-state index >= 15 is 0 Å². The van der Waals surface area contributed by atoms with Crippen LogP contribution in [-0.4, -0.2) is 46.2 Å². The van der Waals surface area contributed by atoms with Crippen molar-refractivity contribution in [3.63, 3.8) is 0 Å². The number of nitrogens with zero attached hydrogens (tertiary/aromatic N) is 3. The van der Waals surface area contributed by atoms with Crippen molar-refractivity contribution in [2.24, 2.45) is 0 Å². The minimum Gasteiger partial charge on any atom is -0.493 e. The van der Waals surface area contributed by atoms with Gasteiger partial charge in [-0.15, -0.1) is 0 Å². The second kappa shape index (κ2) is 11.9. The number of imide groups is 1. The molecule has 1 fully saturated rings. The standard InChI is InChI=1S/C27H23N3O9S/c1-16-7-8-17(2)23(13-16)38-12-11-28-26(31)24(40-27(28)32)14-18-5-4-6-22(37-3)25(18)39-21-10-9-19(29(33)34)15-20(21)30(35)36/h4-10,13-15H,11-12H2,1-3H3/b24-14-. The normalized spacial score (nSPS) is 14.0. The number of carbonyl (C=O) groups is 2. The average Bonchev–Trinajstić information content (AvgIpc) is 3.18. The van der Waals surface area contributed by atoms with E-state index in [4.69, 9.17) is 14.2 Å². The predicted octanol–water partition coefficient (Wildman–Crippen LogP) is 6.04. The van der Waals surface area contributed by atoms with E-state index in [0.717, 1.165) is 46.0 Å². The number of hydrogen-bond acceptors (Lipinski definition) is 10. The Morgan fingerprint density at radius 3 is 2.42 bits per heavy atom. The smallest absolute Gasteiger partial charge is 0.318 e. The maximum atomic E-state index is 13.1. The first kappa shape index (κ1) is 28.1. The van der Waals surface area contributed by atoms with Crippen molar-refractivity contribution in [3.05, 3.63) is 96.4 Å². The number of rotatable bonds is 10. The van der Waals surface area contributed by atoms with E-state index in [1.807, 2.05) is 32.0 Å². The number of ether oxygens (including phenoxy) is 3. The fraction of sp³-hybridized carbons (Fsp3) is 0.185. The number of carbonyl (C=O) groups excluding carboxylic acids is 2. The Hall–Kier alpha value is -4.91. The molecule has 2 amide bonds. The lowest BCUT2D eigenvalue weighted by molar-refractivity contribution is -0.394. The first-order valence-electron chi connectivity index (χ1n) is 11.8. The topological polar surface area (TPSA) is 151 Å². The molecule has 40 heavy (non-hydrogen) atoms. The Balaban J connectivity index is 1.59. The number of non-ortho nitro benzene ring substituents is 1. The minimum absolute atomic E-state index is 0.0204. The number of aryl methyl sites for hydroxylation is 2. The van der Waals surface area contributed by atoms with Gasteiger partial charge in [0.1, 0.15) is 12.4 Å². The number of hydrogen-bond donors (Lipinski definition) is 0. The van der Waals surface area contributed by atoms with Gasteiger partial charge < -0.3 is 14.2 Å². The molecule has 12 nitrogen and oxygen atoms in total. The molecule has 0 unspecified atom stereocenters. The molecule has 0 saturated carbocycles. The van der Waals surface area contributed by atoms with Gasteiger partial charge in [0.05, 0.1) is 34.5 Å². The molecular formula is C27H23N3O9S. The molecule has 13 heteroatoms. The van der Waals surface area contributed by atoms with Gasteiger partial charge in [-0.1, -0.05) is 24.3 Å². The number of amides is 2. The lowest BCUT2D eigenvalue weighted by atomic mass is 10.1. The Labute approximate surface area is 232 Å². The van der Waals surface area contributed by atoms with E-state index in [2.05, 4.69) is 0 Å². The van der Waals surface area contributed by atoms with Crippen molar-refractivity contribution in [3.8, 4) is 23.0 Å². The van der Waals surface area contributed by atoms with E-state index in [9.17, 15) is 29.8 Å². The second-order valence-corrected chi connectivity index (χ2v) is 9.59. The highest BCUT2D eigenvalue weighted by atomic mass is 32.2. The van der Waals surface area contributed by atoms with Crippen molar-refractivity contribution in [2.75, 3.05) is 20.3 Å². The monoisotopic (exact) mass is 565 g/mol. The van der Waals surface area contributed by atoms with Crippen LogP contribution >= 0.6 is 11.8 Å². The van der Waals surface area contributed by atoms with Gasteiger partial charge >= 0.3 is 5.69 Å². The highest BCUT2D eigenvalue weighted by molar-refractivity contribution is 8.18. The molecule has 0 N–H and O–H groups in total. The third kappa shape index (κ3) is 6.04. The van der Waals surface area contributed by atoms with E-state index in [0.29, 0.717) is 11.3 Å². The fourth-order valence-electron chi connectivity index (χ4n) is 3.82. The Bertz CT molecular complexity index is 1550. The largest absolute Gasteiger partial charge is 0.493 e. The van der Waals surface area contributed by atoms with Gasteiger partial charge in [0.25, 0.3) is 16.8 Å². The van der Waals surface area contributed by atoms with Gasteiger partial charge in [0.15, 0.2) is 11.5 Å². The van der Waals surface area contributed by atoms with E-state index in [1.165, 1.54) is 13.2 Å². The number of nitro benzene ring substituents is 2. The summed E-state index contributed by atoms with van der Waals surface area (Å²) in [5.41, 5.74) is 1.14. The molecule has 0 atom stereocenters. The van der Waals surface area contributed by atoms with Crippen LogP contribution in [0.5, 0.6) is 23.0 Å². The summed E-state index contributed by atoms with van der Waals surface area (Å²) in [5, 5.41) is 22.2. The molecule has 3 aromatic rings. The Kier molecular flexibility index (Phi) is 8.34. The number of nitro groups is 2. The zero-order valence-corrected chi connectivity index (χ0v) is 22.4. The van der Waals surface area contributed by atoms with Gasteiger partial charge in [0.2, 0.25) is 5.75 Å². The highest BCUT2D eigenvalue weighted by Gasteiger charge is 2.35. The SMILES string of the molecule is COc1cccc(/C=C2\SC(=O)N(CCOc3cc(C)ccc3C)C2=O)c1Oc1ccc([N+](=O)[O-])cc1[N+](=O)[O-]. The zero-order chi connectivity index (χ0) is 29.0. The number of para-hydroxylation sites is 1. The molecule has 0 aromatic heterocycles. The first-order chi connectivity index (χ1) is 19.1. The third-order valence-corrected chi connectivity index (χ3v) is 6.78. The minimum atomic E-state index is -0.802. The van der Waals surface area contributed by atoms with Crippen LogP contribution in [0.3, 0.4) is 0 Å². The summed E-state index contributed by atoms with van der Waals surface area (Å²) in [6, 6.07) is 13.5. The Morgan fingerprint density at radius 2 is 1.73 bits per heavy atom. The fourth-order valence-corrected chi connectivity index (χ4v) is 4.67. The Morgan fingerprint density at radius 1 is 0.950 bits per heavy atom. The van der Waals surface area contributed by atoms with Crippen LogP contribution in [0.15, 0.2) is 59.5 Å². The van der Waals surface area contributed by atoms with Crippen LogP contribution in [0, 0.1) is 34.1 Å². The third-order valence-electron chi connectivity index (χ3n) is 5.87. The second-order valence-electron chi connectivity index (χ2n) is 8.60. The lowest BCUT2D eigenvalue weighted by Crippen LogP contribution is -2.32. The maximum absolute atomic E-state index is 13.1. The quantitative estimate of drug-likeness (QED) is 0.162. The molecule has 4 rings (SSSR count). The average molecular weight is 566 g/mol. The maximum Gasteiger partial charge on any atom is 0.318 e. The van der Waals surface area contributed by atoms with Gasteiger partial charge in [-0.05, 0) is 61.0 Å². The summed E-state index contributed by atoms with van der Waals surface area (Å²) in [6.07, 6.45) is 1.42. The molecule has 1 aliphatic rings. The van der Waals surface area contributed by atoms with Crippen LogP contribution in [0.4, 0.5) is 16.2 Å². The van der Waals surface area contributed by atoms with E-state index < -0.39 is 32.4 Å². The first-order valence-corrected chi connectivity index (χ1v) is 12.6. The number of benzene rings is 3. The van der Waals surface area contributed by atoms with E-state index in [-0.39, 0.29) is 35.3 Å². The van der Waals surface area contributed by atoms with Crippen molar-refractivity contribution >= 4 is 40.4 Å². The predicted molar refractivity (Wildman–Crippen MR) is 147 cm³/mol. The van der Waals surface area contributed by atoms with Crippen LogP contribution in [-0.2, 0) is 4.79 Å². The van der Waals surface area contributed by atoms with Gasteiger partial charge in [0, 0.05) is 11.6 Å². The summed E-state index contributed by atoms with van der Waals surface area (Å²) >= 11 is 0.734. The lowest BCUT2D eigenvalue weighted by Gasteiger charge is -2.15. The van der Waals surface area contributed by atoms with Gasteiger partial charge in [-0.3, -0.25) is 34.7 Å². The van der Waals surface area contributed by atoms with Crippen LogP contribution in [0.25, 0.3) is 6.08 Å². The molecular weight excluding hydrogens is 542 g/mol. The molecule has 206 valence electrons. The van der Waals surface area contributed by atoms with Crippen molar-refractivity contribution in [1.29, 1.82) is 0 Å².